The summed E-state index contributed by atoms with van der Waals surface area (Å²) in [5.41, 5.74) is 13.5. The molecule has 0 radical (unpaired) electrons. The fourth-order valence-electron chi connectivity index (χ4n) is 7.07. The molecule has 8 atom stereocenters. The molecule has 0 saturated carbocycles. The summed E-state index contributed by atoms with van der Waals surface area (Å²) in [4.78, 5) is 47.2. The number of hydrogen-bond acceptors (Lipinski definition) is 20. The Morgan fingerprint density at radius 3 is 1.72 bits per heavy atom. The van der Waals surface area contributed by atoms with Crippen LogP contribution in [0.25, 0.3) is 22.3 Å². The van der Waals surface area contributed by atoms with Crippen LogP contribution < -0.4 is 16.2 Å². The van der Waals surface area contributed by atoms with Crippen molar-refractivity contribution in [3.05, 3.63) is 59.7 Å². The largest absolute Gasteiger partial charge is 0.513 e. The number of imidazole rings is 2. The van der Waals surface area contributed by atoms with Gasteiger partial charge >= 0.3 is 6.16 Å². The van der Waals surface area contributed by atoms with Crippen molar-refractivity contribution < 1.29 is 52.7 Å². The second-order valence-electron chi connectivity index (χ2n) is 14.0. The minimum absolute atomic E-state index is 0. The number of ether oxygens (including phenoxy) is 8. The van der Waals surface area contributed by atoms with Gasteiger partial charge in [-0.15, -0.1) is 0 Å². The van der Waals surface area contributed by atoms with Gasteiger partial charge in [0.15, 0.2) is 47.0 Å². The molecule has 0 spiro atoms. The molecule has 9 rings (SSSR count). The molecule has 312 valence electrons. The molecule has 4 saturated heterocycles. The first-order valence-corrected chi connectivity index (χ1v) is 17.3. The summed E-state index contributed by atoms with van der Waals surface area (Å²) in [5.74, 6) is -0.978. The van der Waals surface area contributed by atoms with Crippen LogP contribution in [0, 0.1) is 10.1 Å². The van der Waals surface area contributed by atoms with E-state index < -0.39 is 59.5 Å². The second kappa shape index (κ2) is 15.9. The number of nitrogens with zero attached hydrogens (tertiary/aromatic N) is 9. The average molecular weight is 812 g/mol. The number of carbonyl (C=O) groups excluding carboxylic acids is 1. The molecule has 0 amide bonds. The van der Waals surface area contributed by atoms with E-state index in [2.05, 4.69) is 29.9 Å². The van der Waals surface area contributed by atoms with E-state index in [1.54, 1.807) is 29.3 Å². The number of non-ortho nitro benzene ring substituents is 1. The molecular weight excluding hydrogens is 766 g/mol. The van der Waals surface area contributed by atoms with Crippen molar-refractivity contribution in [1.82, 2.24) is 39.0 Å². The highest BCUT2D eigenvalue weighted by atomic mass is 16.8. The van der Waals surface area contributed by atoms with Crippen LogP contribution in [-0.2, 0) is 33.2 Å². The van der Waals surface area contributed by atoms with Crippen LogP contribution in [0.1, 0.15) is 55.0 Å². The lowest BCUT2D eigenvalue weighted by Crippen LogP contribution is -2.34. The van der Waals surface area contributed by atoms with E-state index in [0.29, 0.717) is 28.1 Å². The number of aliphatic hydroxyl groups is 1. The fourth-order valence-corrected chi connectivity index (χ4v) is 7.07. The van der Waals surface area contributed by atoms with Crippen molar-refractivity contribution in [3.8, 4) is 5.75 Å². The van der Waals surface area contributed by atoms with Crippen LogP contribution >= 0.6 is 0 Å². The third-order valence-corrected chi connectivity index (χ3v) is 9.37. The topological polar surface area (TPSA) is 294 Å². The molecule has 23 nitrogen and oxygen atoms in total. The molecular formula is C35H45N11O12. The van der Waals surface area contributed by atoms with E-state index in [0.717, 1.165) is 0 Å². The van der Waals surface area contributed by atoms with Crippen LogP contribution in [0.4, 0.5) is 22.1 Å². The molecule has 4 aromatic heterocycles. The molecule has 0 aliphatic carbocycles. The Labute approximate surface area is 330 Å². The van der Waals surface area contributed by atoms with Crippen LogP contribution in [0.2, 0.25) is 0 Å². The number of nitrogen functional groups attached to an aromatic ring is 2. The molecule has 4 aliphatic rings. The third kappa shape index (κ3) is 7.79. The van der Waals surface area contributed by atoms with E-state index >= 15 is 0 Å². The zero-order chi connectivity index (χ0) is 39.5. The molecule has 8 heterocycles. The predicted octanol–water partition coefficient (Wildman–Crippen LogP) is 3.04. The summed E-state index contributed by atoms with van der Waals surface area (Å²) in [6, 6.07) is 5.03. The van der Waals surface area contributed by atoms with Gasteiger partial charge in [-0.2, -0.15) is 0 Å². The second-order valence-corrected chi connectivity index (χ2v) is 14.0. The first kappa shape index (κ1) is 41.9. The average Bonchev–Trinajstić information content (AvgIpc) is 3.99. The molecule has 4 aliphatic heterocycles. The standard InChI is InChI=1S/C20H20N6O8.C13H17N5O4.2CH4/c1-20(2)33-14-12(7-30-19(27)31-11-5-3-10(4-6-11)26(28)29)32-18(15(14)34-20)25-9-24-13-16(21)22-8-23-17(13)25;1-13(2)21-8-6(3-19)20-12(9(8)22-13)18-5-17-7-10(14)15-4-16-11(7)18;;/h3-6,8-9,12,14-15,18H,7H2,1-2H3,(H2,21,22,23);4-6,8-9,12,19H,3H2,1-2H3,(H2,14,15,16);2*1H4/t12-,14-,15-,18-;6-,8-,9-,12-;;/m11../s1. The molecule has 1 aromatic carbocycles. The highest BCUT2D eigenvalue weighted by molar-refractivity contribution is 5.81. The fraction of sp³-hybridized carbons (Fsp3) is 0.514. The Balaban J connectivity index is 0.000000205. The number of aliphatic hydroxyl groups excluding tert-OH is 1. The number of nitrogens with two attached hydrogens (primary N) is 2. The predicted molar refractivity (Wildman–Crippen MR) is 201 cm³/mol. The molecule has 23 heteroatoms. The highest BCUT2D eigenvalue weighted by Gasteiger charge is 2.57. The van der Waals surface area contributed by atoms with E-state index in [1.807, 2.05) is 13.8 Å². The van der Waals surface area contributed by atoms with Crippen LogP contribution in [0.5, 0.6) is 5.75 Å². The maximum absolute atomic E-state index is 12.2. The summed E-state index contributed by atoms with van der Waals surface area (Å²) in [7, 11) is 0. The summed E-state index contributed by atoms with van der Waals surface area (Å²) >= 11 is 0. The molecule has 58 heavy (non-hydrogen) atoms. The lowest BCUT2D eigenvalue weighted by molar-refractivity contribution is -0.384. The van der Waals surface area contributed by atoms with E-state index in [4.69, 9.17) is 49.4 Å². The van der Waals surface area contributed by atoms with Gasteiger partial charge in [-0.1, -0.05) is 14.9 Å². The lowest BCUT2D eigenvalue weighted by atomic mass is 10.1. The first-order chi connectivity index (χ1) is 26.7. The number of anilines is 2. The Morgan fingerprint density at radius 2 is 1.24 bits per heavy atom. The number of nitro groups is 1. The molecule has 0 unspecified atom stereocenters. The van der Waals surface area contributed by atoms with Crippen molar-refractivity contribution in [3.63, 3.8) is 0 Å². The molecule has 4 fully saturated rings. The number of carbonyl (C=O) groups is 1. The van der Waals surface area contributed by atoms with Gasteiger partial charge in [-0.25, -0.2) is 34.7 Å². The van der Waals surface area contributed by atoms with Crippen LogP contribution in [0.3, 0.4) is 0 Å². The quantitative estimate of drug-likeness (QED) is 0.0921. The van der Waals surface area contributed by atoms with Crippen LogP contribution in [0.15, 0.2) is 49.6 Å². The SMILES string of the molecule is C.C.CC1(C)O[C@@H]2[C@H](O1)[C@@H](CO)O[C@H]2n1cnc2c(N)ncnc21.CC1(C)O[C@@H]2[C@H](O1)[C@@H](COC(=O)Oc1ccc([N+](=O)[O-])cc1)O[C@H]2n1cnc2c(N)ncnc21. The van der Waals surface area contributed by atoms with E-state index in [-0.39, 0.29) is 57.5 Å². The zero-order valence-corrected chi connectivity index (χ0v) is 30.3. The zero-order valence-electron chi connectivity index (χ0n) is 30.3. The lowest BCUT2D eigenvalue weighted by Gasteiger charge is -2.24. The van der Waals surface area contributed by atoms with Crippen molar-refractivity contribution >= 4 is 45.8 Å². The highest BCUT2D eigenvalue weighted by Crippen LogP contribution is 2.45. The number of hydrogen-bond donors (Lipinski definition) is 3. The monoisotopic (exact) mass is 811 g/mol. The molecule has 5 aromatic rings. The van der Waals surface area contributed by atoms with Crippen molar-refractivity contribution in [2.24, 2.45) is 0 Å². The van der Waals surface area contributed by atoms with Gasteiger partial charge in [0.05, 0.1) is 24.2 Å². The van der Waals surface area contributed by atoms with Gasteiger partial charge in [0.25, 0.3) is 5.69 Å². The van der Waals surface area contributed by atoms with Gasteiger partial charge < -0.3 is 54.5 Å². The summed E-state index contributed by atoms with van der Waals surface area (Å²) in [5, 5.41) is 20.3. The third-order valence-electron chi connectivity index (χ3n) is 9.37. The summed E-state index contributed by atoms with van der Waals surface area (Å²) in [6.45, 7) is 6.88. The smallest absolute Gasteiger partial charge is 0.431 e. The first-order valence-electron chi connectivity index (χ1n) is 17.3. The van der Waals surface area contributed by atoms with Crippen molar-refractivity contribution in [2.45, 2.75) is 103 Å². The minimum atomic E-state index is -0.996. The number of fused-ring (bicyclic) bond motifs is 4. The van der Waals surface area contributed by atoms with Gasteiger partial charge in [0, 0.05) is 12.1 Å². The Bertz CT molecular complexity index is 2270. The number of aromatic nitrogens is 8. The number of rotatable bonds is 7. The van der Waals surface area contributed by atoms with Gasteiger partial charge in [-0.3, -0.25) is 19.2 Å². The van der Waals surface area contributed by atoms with Gasteiger partial charge in [0.2, 0.25) is 0 Å². The van der Waals surface area contributed by atoms with Gasteiger partial charge in [-0.05, 0) is 39.8 Å². The van der Waals surface area contributed by atoms with E-state index in [9.17, 15) is 20.0 Å². The maximum Gasteiger partial charge on any atom is 0.513 e. The summed E-state index contributed by atoms with van der Waals surface area (Å²) in [6.07, 6.45) is 0.705. The minimum Gasteiger partial charge on any atom is -0.431 e. The summed E-state index contributed by atoms with van der Waals surface area (Å²) < 4.78 is 49.6. The Hall–Kier alpha value is -5.69. The van der Waals surface area contributed by atoms with Gasteiger partial charge in [0.1, 0.15) is 72.7 Å². The Kier molecular flexibility index (Phi) is 11.5. The number of benzene rings is 1. The van der Waals surface area contributed by atoms with Crippen molar-refractivity contribution in [1.29, 1.82) is 0 Å². The normalized spacial score (nSPS) is 27.5. The number of nitro benzene ring substituents is 1. The molecule has 0 bridgehead atoms. The van der Waals surface area contributed by atoms with Crippen LogP contribution in [-0.4, -0.2) is 117 Å². The maximum atomic E-state index is 12.2. The van der Waals surface area contributed by atoms with Crippen molar-refractivity contribution in [2.75, 3.05) is 24.7 Å². The van der Waals surface area contributed by atoms with E-state index in [1.165, 1.54) is 43.2 Å². The Morgan fingerprint density at radius 1 is 0.776 bits per heavy atom. The molecule has 5 N–H and O–H groups in total.